The number of nitrogens with zero attached hydrogens (tertiary/aromatic N) is 7. The summed E-state index contributed by atoms with van der Waals surface area (Å²) < 4.78 is 10.0. The first-order valence-electron chi connectivity index (χ1n) is 11.7. The quantitative estimate of drug-likeness (QED) is 0.349. The third-order valence-electron chi connectivity index (χ3n) is 6.51. The predicted molar refractivity (Wildman–Crippen MR) is 135 cm³/mol. The minimum atomic E-state index is -0.222. The monoisotopic (exact) mass is 471 g/mol. The SMILES string of the molecule is Cc1cccc(-c2nc3c4c(ncn3n2)Oc2c(c(C)nn2-c2ccccc2)[C@@H]4c2cccnc2)c1. The number of benzene rings is 2. The molecular formula is C28H21N7O. The fraction of sp³-hybridized carbons (Fsp3) is 0.107. The van der Waals surface area contributed by atoms with Crippen molar-refractivity contribution in [3.05, 3.63) is 113 Å². The molecule has 0 aliphatic carbocycles. The minimum Gasteiger partial charge on any atom is -0.420 e. The van der Waals surface area contributed by atoms with Crippen molar-refractivity contribution < 1.29 is 4.74 Å². The summed E-state index contributed by atoms with van der Waals surface area (Å²) in [6.07, 6.45) is 5.31. The zero-order chi connectivity index (χ0) is 24.2. The maximum atomic E-state index is 6.47. The lowest BCUT2D eigenvalue weighted by Gasteiger charge is -2.26. The van der Waals surface area contributed by atoms with Crippen LogP contribution in [0.1, 0.15) is 33.9 Å². The van der Waals surface area contributed by atoms with Gasteiger partial charge in [-0.25, -0.2) is 19.2 Å². The molecule has 0 saturated heterocycles. The second-order valence-corrected chi connectivity index (χ2v) is 8.91. The molecule has 8 nitrogen and oxygen atoms in total. The van der Waals surface area contributed by atoms with E-state index in [1.54, 1.807) is 17.0 Å². The van der Waals surface area contributed by atoms with Crippen molar-refractivity contribution in [1.29, 1.82) is 0 Å². The average molecular weight is 472 g/mol. The first-order valence-corrected chi connectivity index (χ1v) is 11.7. The van der Waals surface area contributed by atoms with E-state index in [2.05, 4.69) is 35.1 Å². The summed E-state index contributed by atoms with van der Waals surface area (Å²) in [6.45, 7) is 4.06. The Kier molecular flexibility index (Phi) is 4.47. The molecule has 0 bridgehead atoms. The topological polar surface area (TPSA) is 83.0 Å². The van der Waals surface area contributed by atoms with Gasteiger partial charge >= 0.3 is 0 Å². The van der Waals surface area contributed by atoms with E-state index in [4.69, 9.17) is 19.9 Å². The highest BCUT2D eigenvalue weighted by Gasteiger charge is 2.38. The van der Waals surface area contributed by atoms with E-state index in [1.165, 1.54) is 0 Å². The van der Waals surface area contributed by atoms with Gasteiger partial charge in [-0.15, -0.1) is 5.10 Å². The van der Waals surface area contributed by atoms with Crippen LogP contribution in [0.2, 0.25) is 0 Å². The highest BCUT2D eigenvalue weighted by atomic mass is 16.5. The van der Waals surface area contributed by atoms with Crippen LogP contribution in [0.4, 0.5) is 0 Å². The average Bonchev–Trinajstić information content (AvgIpc) is 3.50. The predicted octanol–water partition coefficient (Wildman–Crippen LogP) is 5.27. The Hall–Kier alpha value is -4.85. The second kappa shape index (κ2) is 7.84. The standard InChI is InChI=1S/C28H21N7O/c1-17-8-6-9-19(14-17)25-31-26-24-23(20-10-7-13-29-15-20)22-18(2)32-35(21-11-4-3-5-12-21)28(22)36-27(24)30-16-34(26)33-25/h3-16,23H,1-2H3/t23-/m0/s1. The van der Waals surface area contributed by atoms with Gasteiger partial charge in [-0.3, -0.25) is 4.98 Å². The molecule has 36 heavy (non-hydrogen) atoms. The van der Waals surface area contributed by atoms with Crippen LogP contribution in [0.3, 0.4) is 0 Å². The van der Waals surface area contributed by atoms with Crippen molar-refractivity contribution in [3.8, 4) is 28.8 Å². The minimum absolute atomic E-state index is 0.222. The third kappa shape index (κ3) is 3.11. The number of aromatic nitrogens is 7. The number of ether oxygens (including phenoxy) is 1. The number of fused-ring (bicyclic) bond motifs is 4. The summed E-state index contributed by atoms with van der Waals surface area (Å²) in [5.41, 5.74) is 7.41. The van der Waals surface area contributed by atoms with Gasteiger partial charge in [-0.05, 0) is 43.7 Å². The fourth-order valence-electron chi connectivity index (χ4n) is 4.91. The molecule has 2 aromatic carbocycles. The molecule has 1 atom stereocenters. The Balaban J connectivity index is 1.49. The van der Waals surface area contributed by atoms with Crippen molar-refractivity contribution >= 4 is 5.65 Å². The molecule has 5 heterocycles. The van der Waals surface area contributed by atoms with Gasteiger partial charge in [0, 0.05) is 18.0 Å². The maximum absolute atomic E-state index is 6.47. The summed E-state index contributed by atoms with van der Waals surface area (Å²) in [5, 5.41) is 9.61. The van der Waals surface area contributed by atoms with E-state index in [0.29, 0.717) is 23.2 Å². The van der Waals surface area contributed by atoms with Crippen molar-refractivity contribution in [3.63, 3.8) is 0 Å². The number of rotatable bonds is 3. The molecule has 0 saturated carbocycles. The molecule has 6 aromatic rings. The molecule has 174 valence electrons. The molecule has 8 heteroatoms. The molecule has 0 N–H and O–H groups in total. The molecule has 0 spiro atoms. The molecule has 0 fully saturated rings. The van der Waals surface area contributed by atoms with Crippen LogP contribution in [-0.2, 0) is 0 Å². The van der Waals surface area contributed by atoms with Gasteiger partial charge in [0.25, 0.3) is 0 Å². The third-order valence-corrected chi connectivity index (χ3v) is 6.51. The largest absolute Gasteiger partial charge is 0.420 e. The lowest BCUT2D eigenvalue weighted by Crippen LogP contribution is -2.16. The Bertz CT molecular complexity index is 1740. The van der Waals surface area contributed by atoms with Crippen LogP contribution in [0, 0.1) is 13.8 Å². The Labute approximate surface area is 206 Å². The maximum Gasteiger partial charge on any atom is 0.230 e. The van der Waals surface area contributed by atoms with E-state index in [9.17, 15) is 0 Å². The van der Waals surface area contributed by atoms with Crippen molar-refractivity contribution in [2.24, 2.45) is 0 Å². The van der Waals surface area contributed by atoms with Crippen LogP contribution in [0.5, 0.6) is 11.8 Å². The van der Waals surface area contributed by atoms with Crippen LogP contribution >= 0.6 is 0 Å². The number of para-hydroxylation sites is 1. The molecule has 1 aliphatic rings. The second-order valence-electron chi connectivity index (χ2n) is 8.91. The highest BCUT2D eigenvalue weighted by Crippen LogP contribution is 2.49. The van der Waals surface area contributed by atoms with E-state index in [0.717, 1.165) is 39.2 Å². The zero-order valence-corrected chi connectivity index (χ0v) is 19.7. The fourth-order valence-corrected chi connectivity index (χ4v) is 4.91. The number of pyridine rings is 1. The normalized spacial score (nSPS) is 14.3. The van der Waals surface area contributed by atoms with Gasteiger partial charge in [0.2, 0.25) is 11.8 Å². The van der Waals surface area contributed by atoms with E-state index in [-0.39, 0.29) is 5.92 Å². The van der Waals surface area contributed by atoms with E-state index < -0.39 is 0 Å². The lowest BCUT2D eigenvalue weighted by atomic mass is 9.85. The van der Waals surface area contributed by atoms with Gasteiger partial charge in [0.15, 0.2) is 11.5 Å². The van der Waals surface area contributed by atoms with Gasteiger partial charge in [0.05, 0.1) is 28.4 Å². The molecular weight excluding hydrogens is 450 g/mol. The van der Waals surface area contributed by atoms with Crippen LogP contribution in [-0.4, -0.2) is 34.3 Å². The summed E-state index contributed by atoms with van der Waals surface area (Å²) in [7, 11) is 0. The Morgan fingerprint density at radius 1 is 0.889 bits per heavy atom. The van der Waals surface area contributed by atoms with Gasteiger partial charge in [0.1, 0.15) is 6.33 Å². The first-order chi connectivity index (χ1) is 17.7. The smallest absolute Gasteiger partial charge is 0.230 e. The van der Waals surface area contributed by atoms with Crippen molar-refractivity contribution in [2.45, 2.75) is 19.8 Å². The van der Waals surface area contributed by atoms with Crippen LogP contribution in [0.25, 0.3) is 22.7 Å². The molecule has 7 rings (SSSR count). The van der Waals surface area contributed by atoms with Gasteiger partial charge in [-0.2, -0.15) is 5.10 Å². The molecule has 1 aliphatic heterocycles. The molecule has 0 unspecified atom stereocenters. The number of hydrogen-bond acceptors (Lipinski definition) is 6. The molecule has 0 amide bonds. The van der Waals surface area contributed by atoms with Crippen molar-refractivity contribution in [1.82, 2.24) is 34.3 Å². The van der Waals surface area contributed by atoms with Crippen molar-refractivity contribution in [2.75, 3.05) is 0 Å². The highest BCUT2D eigenvalue weighted by molar-refractivity contribution is 5.68. The summed E-state index contributed by atoms with van der Waals surface area (Å²) in [4.78, 5) is 14.0. The summed E-state index contributed by atoms with van der Waals surface area (Å²) in [6, 6.07) is 22.1. The van der Waals surface area contributed by atoms with E-state index in [1.807, 2.05) is 66.3 Å². The van der Waals surface area contributed by atoms with Gasteiger partial charge in [-0.1, -0.05) is 48.0 Å². The van der Waals surface area contributed by atoms with Crippen LogP contribution in [0.15, 0.2) is 85.5 Å². The number of aryl methyl sites for hydroxylation is 2. The molecule has 4 aromatic heterocycles. The summed E-state index contributed by atoms with van der Waals surface area (Å²) in [5.74, 6) is 1.56. The first kappa shape index (κ1) is 20.5. The van der Waals surface area contributed by atoms with E-state index >= 15 is 0 Å². The number of hydrogen-bond donors (Lipinski definition) is 0. The Morgan fingerprint density at radius 3 is 2.58 bits per heavy atom. The van der Waals surface area contributed by atoms with Gasteiger partial charge < -0.3 is 4.74 Å². The summed E-state index contributed by atoms with van der Waals surface area (Å²) >= 11 is 0. The lowest BCUT2D eigenvalue weighted by molar-refractivity contribution is 0.402. The molecule has 0 radical (unpaired) electrons. The zero-order valence-electron chi connectivity index (χ0n) is 19.7. The van der Waals surface area contributed by atoms with Crippen LogP contribution < -0.4 is 4.74 Å². The Morgan fingerprint density at radius 2 is 1.78 bits per heavy atom.